The molecular weight excluding hydrogens is 641 g/mol. The SMILES string of the molecule is CC(c1cccc2ccccc12)N(C(C)C12C=CC=C3C4CC4C=CC31C2)P1Oc2ccc3ccccc3c2C23CC2(C=Cc2ccccc23)O1. The fourth-order valence-corrected chi connectivity index (χ4v) is 13.4. The highest BCUT2D eigenvalue weighted by Gasteiger charge is 2.77. The highest BCUT2D eigenvalue weighted by Crippen LogP contribution is 2.81. The van der Waals surface area contributed by atoms with Crippen molar-refractivity contribution in [3.05, 3.63) is 167 Å². The third kappa shape index (κ3) is 3.61. The molecule has 1 heterocycles. The Hall–Kier alpha value is -4.27. The second-order valence-corrected chi connectivity index (χ2v) is 17.6. The van der Waals surface area contributed by atoms with E-state index in [0.29, 0.717) is 5.92 Å². The van der Waals surface area contributed by atoms with Gasteiger partial charge in [0.2, 0.25) is 0 Å². The molecule has 0 radical (unpaired) electrons. The minimum atomic E-state index is -1.56. The van der Waals surface area contributed by atoms with E-state index in [9.17, 15) is 0 Å². The van der Waals surface area contributed by atoms with Gasteiger partial charge in [0.05, 0.1) is 5.41 Å². The Morgan fingerprint density at radius 1 is 0.784 bits per heavy atom. The number of nitrogens with zero attached hydrogens (tertiary/aromatic N) is 1. The number of rotatable bonds is 5. The van der Waals surface area contributed by atoms with E-state index in [4.69, 9.17) is 9.05 Å². The molecule has 1 aliphatic heterocycles. The van der Waals surface area contributed by atoms with Gasteiger partial charge in [-0.3, -0.25) is 0 Å². The number of benzene rings is 5. The van der Waals surface area contributed by atoms with E-state index in [2.05, 4.69) is 164 Å². The first-order valence-electron chi connectivity index (χ1n) is 18.8. The van der Waals surface area contributed by atoms with Gasteiger partial charge >= 0.3 is 8.53 Å². The summed E-state index contributed by atoms with van der Waals surface area (Å²) >= 11 is 0. The summed E-state index contributed by atoms with van der Waals surface area (Å²) in [5, 5.41) is 5.08. The van der Waals surface area contributed by atoms with Gasteiger partial charge in [-0.2, -0.15) is 0 Å². The zero-order chi connectivity index (χ0) is 33.7. The molecule has 0 saturated heterocycles. The van der Waals surface area contributed by atoms with Gasteiger partial charge in [0.15, 0.2) is 0 Å². The number of hydrogen-bond acceptors (Lipinski definition) is 3. The third-order valence-corrected chi connectivity index (χ3v) is 16.0. The van der Waals surface area contributed by atoms with E-state index < -0.39 is 14.1 Å². The molecule has 3 nitrogen and oxygen atoms in total. The van der Waals surface area contributed by atoms with Crippen LogP contribution in [0.25, 0.3) is 27.6 Å². The van der Waals surface area contributed by atoms with Crippen molar-refractivity contribution in [1.82, 2.24) is 4.67 Å². The summed E-state index contributed by atoms with van der Waals surface area (Å²) in [7, 11) is -1.56. The van der Waals surface area contributed by atoms with Gasteiger partial charge < -0.3 is 9.05 Å². The molecule has 0 amide bonds. The van der Waals surface area contributed by atoms with E-state index in [0.717, 1.165) is 24.5 Å². The van der Waals surface area contributed by atoms with Crippen LogP contribution >= 0.6 is 8.53 Å². The van der Waals surface area contributed by atoms with Gasteiger partial charge in [-0.15, -0.1) is 0 Å². The summed E-state index contributed by atoms with van der Waals surface area (Å²) in [6.07, 6.45) is 20.6. The lowest BCUT2D eigenvalue weighted by molar-refractivity contribution is 0.137. The molecule has 5 aromatic rings. The molecular formula is C47H40NO2P. The van der Waals surface area contributed by atoms with Crippen LogP contribution in [-0.4, -0.2) is 16.3 Å². The Kier molecular flexibility index (Phi) is 5.62. The fraction of sp³-hybridized carbons (Fsp3) is 0.277. The molecule has 9 unspecified atom stereocenters. The molecule has 250 valence electrons. The van der Waals surface area contributed by atoms with Crippen molar-refractivity contribution < 1.29 is 9.05 Å². The molecule has 7 aliphatic rings. The molecule has 0 bridgehead atoms. The Morgan fingerprint density at radius 3 is 2.47 bits per heavy atom. The highest BCUT2D eigenvalue weighted by atomic mass is 31.2. The van der Waals surface area contributed by atoms with E-state index in [-0.39, 0.29) is 28.3 Å². The third-order valence-electron chi connectivity index (χ3n) is 14.1. The quantitative estimate of drug-likeness (QED) is 0.136. The molecule has 5 aromatic carbocycles. The molecule has 3 fully saturated rings. The largest absolute Gasteiger partial charge is 0.435 e. The maximum Gasteiger partial charge on any atom is 0.322 e. The van der Waals surface area contributed by atoms with Crippen LogP contribution in [0.5, 0.6) is 5.75 Å². The van der Waals surface area contributed by atoms with E-state index in [1.165, 1.54) is 50.2 Å². The lowest BCUT2D eigenvalue weighted by Gasteiger charge is -2.44. The predicted octanol–water partition coefficient (Wildman–Crippen LogP) is 11.6. The number of hydrogen-bond donors (Lipinski definition) is 0. The highest BCUT2D eigenvalue weighted by molar-refractivity contribution is 7.45. The van der Waals surface area contributed by atoms with Crippen molar-refractivity contribution in [3.8, 4) is 5.75 Å². The molecule has 4 heteroatoms. The smallest absolute Gasteiger partial charge is 0.322 e. The normalized spacial score (nSPS) is 35.1. The van der Waals surface area contributed by atoms with Gasteiger partial charge in [-0.25, -0.2) is 4.67 Å². The second kappa shape index (κ2) is 9.78. The Balaban J connectivity index is 1.06. The lowest BCUT2D eigenvalue weighted by atomic mass is 9.74. The van der Waals surface area contributed by atoms with Crippen molar-refractivity contribution in [2.45, 2.75) is 56.2 Å². The Morgan fingerprint density at radius 2 is 1.57 bits per heavy atom. The average Bonchev–Trinajstić information content (AvgIpc) is 4.09. The van der Waals surface area contributed by atoms with Crippen molar-refractivity contribution in [2.75, 3.05) is 0 Å². The topological polar surface area (TPSA) is 21.7 Å². The van der Waals surface area contributed by atoms with Crippen molar-refractivity contribution in [2.24, 2.45) is 22.7 Å². The molecule has 0 aromatic heterocycles. The molecule has 6 aliphatic carbocycles. The van der Waals surface area contributed by atoms with Gasteiger partial charge in [0, 0.05) is 28.5 Å². The van der Waals surface area contributed by atoms with Crippen molar-refractivity contribution in [1.29, 1.82) is 0 Å². The summed E-state index contributed by atoms with van der Waals surface area (Å²) in [5.41, 5.74) is 6.19. The minimum Gasteiger partial charge on any atom is -0.435 e. The van der Waals surface area contributed by atoms with Crippen molar-refractivity contribution >= 4 is 36.1 Å². The molecule has 0 N–H and O–H groups in total. The van der Waals surface area contributed by atoms with Gasteiger partial charge in [-0.1, -0.05) is 145 Å². The summed E-state index contributed by atoms with van der Waals surface area (Å²) in [6.45, 7) is 4.87. The molecule has 1 spiro atoms. The van der Waals surface area contributed by atoms with Crippen LogP contribution in [0, 0.1) is 22.7 Å². The zero-order valence-electron chi connectivity index (χ0n) is 29.0. The molecule has 9 atom stereocenters. The van der Waals surface area contributed by atoms with Crippen LogP contribution in [0.15, 0.2) is 145 Å². The number of fused-ring (bicyclic) bond motifs is 7. The Labute approximate surface area is 300 Å². The molecule has 3 saturated carbocycles. The van der Waals surface area contributed by atoms with E-state index >= 15 is 0 Å². The van der Waals surface area contributed by atoms with Crippen LogP contribution in [-0.2, 0) is 9.94 Å². The monoisotopic (exact) mass is 681 g/mol. The first-order chi connectivity index (χ1) is 25.0. The maximum atomic E-state index is 7.74. The van der Waals surface area contributed by atoms with Crippen LogP contribution in [0.3, 0.4) is 0 Å². The van der Waals surface area contributed by atoms with Crippen LogP contribution in [0.1, 0.15) is 61.4 Å². The predicted molar refractivity (Wildman–Crippen MR) is 207 cm³/mol. The van der Waals surface area contributed by atoms with Crippen molar-refractivity contribution in [3.63, 3.8) is 0 Å². The van der Waals surface area contributed by atoms with Gasteiger partial charge in [-0.05, 0) is 89.2 Å². The zero-order valence-corrected chi connectivity index (χ0v) is 29.9. The van der Waals surface area contributed by atoms with E-state index in [1.807, 2.05) is 0 Å². The summed E-state index contributed by atoms with van der Waals surface area (Å²) < 4.78 is 17.9. The number of allylic oxidation sites excluding steroid dienone is 5. The second-order valence-electron chi connectivity index (χ2n) is 16.3. The van der Waals surface area contributed by atoms with E-state index in [1.54, 1.807) is 5.57 Å². The summed E-state index contributed by atoms with van der Waals surface area (Å²) in [4.78, 5) is 0. The molecule has 12 rings (SSSR count). The first-order valence-corrected chi connectivity index (χ1v) is 20.0. The average molecular weight is 682 g/mol. The Bertz CT molecular complexity index is 2470. The standard InChI is InChI=1S/C47H40NO2P/c1-30(36-17-9-14-32-11-3-6-15-37(32)36)48(31(2)44-24-10-19-41-39-27-35(39)22-25-45(41,44)28-44)51-49-42-21-20-33-12-4-7-16-38(33)43(42)47-29-46(47,50-51)26-23-34-13-5-8-18-40(34)47/h3-26,30-31,35,39H,27-29H2,1-2H3. The van der Waals surface area contributed by atoms with Crippen LogP contribution in [0.4, 0.5) is 0 Å². The first kappa shape index (κ1) is 29.3. The van der Waals surface area contributed by atoms with Gasteiger partial charge in [0.1, 0.15) is 11.4 Å². The summed E-state index contributed by atoms with van der Waals surface area (Å²) in [5.74, 6) is 2.42. The van der Waals surface area contributed by atoms with Gasteiger partial charge in [0.25, 0.3) is 0 Å². The van der Waals surface area contributed by atoms with Crippen LogP contribution in [0.2, 0.25) is 0 Å². The summed E-state index contributed by atoms with van der Waals surface area (Å²) in [6, 6.07) is 38.1. The lowest BCUT2D eigenvalue weighted by Crippen LogP contribution is -2.42. The molecule has 51 heavy (non-hydrogen) atoms. The van der Waals surface area contributed by atoms with Crippen LogP contribution < -0.4 is 4.52 Å². The maximum absolute atomic E-state index is 7.74. The fourth-order valence-electron chi connectivity index (χ4n) is 11.4. The minimum absolute atomic E-state index is 0.0130.